The smallest absolute Gasteiger partial charge is 0.331 e. The monoisotopic (exact) mass is 394 g/mol. The van der Waals surface area contributed by atoms with E-state index < -0.39 is 5.97 Å². The molecule has 0 radical (unpaired) electrons. The lowest BCUT2D eigenvalue weighted by Gasteiger charge is -2.06. The van der Waals surface area contributed by atoms with Crippen LogP contribution >= 0.6 is 11.3 Å². The van der Waals surface area contributed by atoms with Gasteiger partial charge < -0.3 is 9.90 Å². The second-order valence-corrected chi connectivity index (χ2v) is 7.07. The van der Waals surface area contributed by atoms with E-state index in [2.05, 4.69) is 0 Å². The molecular formula is C22H19FN2O2S. The van der Waals surface area contributed by atoms with E-state index >= 15 is 0 Å². The van der Waals surface area contributed by atoms with Gasteiger partial charge in [0, 0.05) is 23.3 Å². The Kier molecular flexibility index (Phi) is 6.34. The molecular weight excluding hydrogens is 375 g/mol. The number of nitrogens with zero attached hydrogens (tertiary/aromatic N) is 1. The standard InChI is InChI=1S/C12H10O2.C10H9FN2S/c13-12(14)8-10-6-3-5-9-4-1-2-7-11(9)10;11-9-4-2-1-3-8(9)7-13-5-6-14-10(13)12/h1-7H,8H2,(H,13,14);1-6,12H,7H2. The highest BCUT2D eigenvalue weighted by Gasteiger charge is 2.08. The fourth-order valence-electron chi connectivity index (χ4n) is 2.86. The van der Waals surface area contributed by atoms with Crippen LogP contribution < -0.4 is 15.4 Å². The number of fused-ring (bicyclic) bond motifs is 1. The number of hydrogen-bond acceptors (Lipinski definition) is 4. The molecule has 0 saturated carbocycles. The third kappa shape index (κ3) is 4.92. The van der Waals surface area contributed by atoms with E-state index in [1.807, 2.05) is 64.7 Å². The zero-order chi connectivity index (χ0) is 19.9. The molecule has 4 nitrogen and oxygen atoms in total. The van der Waals surface area contributed by atoms with E-state index in [1.54, 1.807) is 12.1 Å². The van der Waals surface area contributed by atoms with Crippen LogP contribution in [0.15, 0.2) is 78.3 Å². The Balaban J connectivity index is 0.000000161. The molecule has 0 spiro atoms. The van der Waals surface area contributed by atoms with E-state index in [0.29, 0.717) is 17.2 Å². The van der Waals surface area contributed by atoms with Crippen LogP contribution in [-0.2, 0) is 17.8 Å². The number of halogens is 1. The first-order valence-electron chi connectivity index (χ1n) is 8.67. The number of rotatable bonds is 4. The van der Waals surface area contributed by atoms with Gasteiger partial charge in [0.2, 0.25) is 0 Å². The second-order valence-electron chi connectivity index (χ2n) is 6.15. The van der Waals surface area contributed by atoms with Gasteiger partial charge in [-0.2, -0.15) is 0 Å². The lowest BCUT2D eigenvalue weighted by atomic mass is 10.0. The highest BCUT2D eigenvalue weighted by Crippen LogP contribution is 2.18. The van der Waals surface area contributed by atoms with Crippen molar-refractivity contribution >= 4 is 33.2 Å². The minimum Gasteiger partial charge on any atom is -0.550 e. The molecule has 0 bridgehead atoms. The summed E-state index contributed by atoms with van der Waals surface area (Å²) in [6.45, 7) is 0.488. The van der Waals surface area contributed by atoms with Crippen LogP contribution in [-0.4, -0.2) is 5.97 Å². The number of aliphatic carboxylic acids is 1. The van der Waals surface area contributed by atoms with Gasteiger partial charge in [0.25, 0.3) is 0 Å². The molecule has 0 fully saturated rings. The lowest BCUT2D eigenvalue weighted by Crippen LogP contribution is -2.34. The third-order valence-electron chi connectivity index (χ3n) is 4.23. The number of carbonyl (C=O) groups excluding carboxylic acids is 1. The topological polar surface area (TPSA) is 70.0 Å². The first kappa shape index (κ1) is 19.5. The Morgan fingerprint density at radius 3 is 2.39 bits per heavy atom. The van der Waals surface area contributed by atoms with Gasteiger partial charge in [-0.05, 0) is 22.4 Å². The van der Waals surface area contributed by atoms with Crippen LogP contribution in [0.3, 0.4) is 0 Å². The van der Waals surface area contributed by atoms with Crippen molar-refractivity contribution in [2.75, 3.05) is 5.73 Å². The third-order valence-corrected chi connectivity index (χ3v) is 4.96. The molecule has 0 unspecified atom stereocenters. The van der Waals surface area contributed by atoms with E-state index in [1.165, 1.54) is 17.4 Å². The van der Waals surface area contributed by atoms with Crippen LogP contribution in [0.2, 0.25) is 0 Å². The maximum Gasteiger partial charge on any atom is 0.331 e. The number of carboxylic acid groups (broad SMARTS) is 1. The van der Waals surface area contributed by atoms with Crippen molar-refractivity contribution in [3.8, 4) is 0 Å². The van der Waals surface area contributed by atoms with Crippen molar-refractivity contribution in [3.05, 3.63) is 95.3 Å². The van der Waals surface area contributed by atoms with Gasteiger partial charge >= 0.3 is 5.13 Å². The van der Waals surface area contributed by atoms with Gasteiger partial charge in [-0.3, -0.25) is 5.73 Å². The quantitative estimate of drug-likeness (QED) is 0.541. The molecule has 4 aromatic rings. The fraction of sp³-hybridized carbons (Fsp3) is 0.0909. The molecule has 0 amide bonds. The number of carboxylic acids is 1. The van der Waals surface area contributed by atoms with Crippen molar-refractivity contribution < 1.29 is 18.9 Å². The Hall–Kier alpha value is -3.25. The number of benzene rings is 3. The number of hydrogen-bond donors (Lipinski definition) is 1. The summed E-state index contributed by atoms with van der Waals surface area (Å²) in [6, 6.07) is 20.1. The number of nitrogens with two attached hydrogens (primary N) is 1. The highest BCUT2D eigenvalue weighted by molar-refractivity contribution is 7.12. The lowest BCUT2D eigenvalue weighted by molar-refractivity contribution is -0.670. The molecule has 3 aromatic carbocycles. The van der Waals surface area contributed by atoms with Gasteiger partial charge in [0.1, 0.15) is 18.6 Å². The summed E-state index contributed by atoms with van der Waals surface area (Å²) in [6.07, 6.45) is 1.83. The summed E-state index contributed by atoms with van der Waals surface area (Å²) in [4.78, 5) is 10.5. The SMILES string of the molecule is Nc1scc[n+]1Cc1ccccc1F.O=C([O-])Cc1cccc2ccccc12. The minimum atomic E-state index is -1.04. The number of carbonyl (C=O) groups is 1. The van der Waals surface area contributed by atoms with Crippen molar-refractivity contribution in [2.24, 2.45) is 0 Å². The summed E-state index contributed by atoms with van der Waals surface area (Å²) < 4.78 is 15.1. The number of aromatic nitrogens is 1. The molecule has 0 aliphatic carbocycles. The molecule has 1 aromatic heterocycles. The van der Waals surface area contributed by atoms with Crippen molar-refractivity contribution in [1.29, 1.82) is 0 Å². The summed E-state index contributed by atoms with van der Waals surface area (Å²) in [5.74, 6) is -1.23. The molecule has 2 N–H and O–H groups in total. The number of anilines is 1. The summed E-state index contributed by atoms with van der Waals surface area (Å²) in [5.41, 5.74) is 7.16. The van der Waals surface area contributed by atoms with E-state index in [-0.39, 0.29) is 12.2 Å². The molecule has 142 valence electrons. The molecule has 1 heterocycles. The predicted octanol–water partition coefficient (Wildman–Crippen LogP) is 2.94. The Morgan fingerprint density at radius 2 is 1.68 bits per heavy atom. The summed E-state index contributed by atoms with van der Waals surface area (Å²) in [5, 5.41) is 15.1. The largest absolute Gasteiger partial charge is 0.550 e. The molecule has 0 atom stereocenters. The van der Waals surface area contributed by atoms with Crippen LogP contribution in [0, 0.1) is 5.82 Å². The highest BCUT2D eigenvalue weighted by atomic mass is 32.1. The van der Waals surface area contributed by atoms with Gasteiger partial charge in [0.05, 0.1) is 0 Å². The van der Waals surface area contributed by atoms with Crippen molar-refractivity contribution in [1.82, 2.24) is 0 Å². The molecule has 6 heteroatoms. The van der Waals surface area contributed by atoms with Gasteiger partial charge in [-0.25, -0.2) is 8.96 Å². The maximum atomic E-state index is 13.3. The zero-order valence-corrected chi connectivity index (χ0v) is 15.9. The number of thiazole rings is 1. The Labute approximate surface area is 166 Å². The van der Waals surface area contributed by atoms with Crippen molar-refractivity contribution in [2.45, 2.75) is 13.0 Å². The van der Waals surface area contributed by atoms with Crippen LogP contribution in [0.1, 0.15) is 11.1 Å². The van der Waals surface area contributed by atoms with Gasteiger partial charge in [0.15, 0.2) is 0 Å². The fourth-order valence-corrected chi connectivity index (χ4v) is 3.47. The Bertz CT molecular complexity index is 1090. The van der Waals surface area contributed by atoms with Crippen molar-refractivity contribution in [3.63, 3.8) is 0 Å². The van der Waals surface area contributed by atoms with Crippen LogP contribution in [0.5, 0.6) is 0 Å². The molecule has 0 aliphatic heterocycles. The van der Waals surface area contributed by atoms with Crippen LogP contribution in [0.25, 0.3) is 10.8 Å². The van der Waals surface area contributed by atoms with Gasteiger partial charge in [-0.1, -0.05) is 72.0 Å². The van der Waals surface area contributed by atoms with Crippen LogP contribution in [0.4, 0.5) is 9.52 Å². The first-order valence-corrected chi connectivity index (χ1v) is 9.55. The second kappa shape index (κ2) is 9.10. The van der Waals surface area contributed by atoms with E-state index in [4.69, 9.17) is 5.73 Å². The normalized spacial score (nSPS) is 10.3. The summed E-state index contributed by atoms with van der Waals surface area (Å²) >= 11 is 1.45. The number of nitrogen functional groups attached to an aromatic ring is 1. The predicted molar refractivity (Wildman–Crippen MR) is 107 cm³/mol. The molecule has 0 saturated heterocycles. The zero-order valence-electron chi connectivity index (χ0n) is 15.0. The molecule has 0 aliphatic rings. The average molecular weight is 394 g/mol. The average Bonchev–Trinajstić information content (AvgIpc) is 3.09. The van der Waals surface area contributed by atoms with E-state index in [9.17, 15) is 14.3 Å². The summed E-state index contributed by atoms with van der Waals surface area (Å²) in [7, 11) is 0. The maximum absolute atomic E-state index is 13.3. The molecule has 28 heavy (non-hydrogen) atoms. The first-order chi connectivity index (χ1) is 13.5. The molecule has 4 rings (SSSR count). The van der Waals surface area contributed by atoms with Gasteiger partial charge in [-0.15, -0.1) is 0 Å². The van der Waals surface area contributed by atoms with E-state index in [0.717, 1.165) is 16.3 Å². The minimum absolute atomic E-state index is 0.0264. The Morgan fingerprint density at radius 1 is 1.00 bits per heavy atom.